The standard InChI is InChI=1S/C29H37NO3/c1-19-9-7-13-23-17-20(2)21(3)27-25(18-22-11-5-4-6-12-22)30-28(33)29(23,27)26(32)16-15-24(31)14-8-10-19/h4-7,11-13,15-17,19,21,23-25,27,31H,8-10,14,18H2,1-3H3,(H,30,33)/b13-7-,16-15-/t19-,21+,23-,24+,25-,27-,29+/m0/s1. The van der Waals surface area contributed by atoms with Crippen LogP contribution in [0.1, 0.15) is 52.0 Å². The molecule has 4 rings (SSSR count). The molecule has 7 atom stereocenters. The van der Waals surface area contributed by atoms with E-state index in [1.54, 1.807) is 6.08 Å². The lowest BCUT2D eigenvalue weighted by atomic mass is 9.55. The first-order chi connectivity index (χ1) is 15.8. The molecule has 0 bridgehead atoms. The lowest BCUT2D eigenvalue weighted by molar-refractivity contribution is -0.142. The zero-order valence-corrected chi connectivity index (χ0v) is 20.0. The number of hydrogen-bond donors (Lipinski definition) is 2. The summed E-state index contributed by atoms with van der Waals surface area (Å²) in [7, 11) is 0. The van der Waals surface area contributed by atoms with Crippen LogP contribution < -0.4 is 5.32 Å². The average molecular weight is 448 g/mol. The van der Waals surface area contributed by atoms with Crippen LogP contribution in [0.2, 0.25) is 0 Å². The molecular formula is C29H37NO3. The highest BCUT2D eigenvalue weighted by Gasteiger charge is 2.64. The number of nitrogens with one attached hydrogen (secondary N) is 1. The molecular weight excluding hydrogens is 410 g/mol. The van der Waals surface area contributed by atoms with Gasteiger partial charge in [0.15, 0.2) is 5.78 Å². The molecule has 1 aromatic rings. The second kappa shape index (κ2) is 9.80. The Labute approximate surface area is 197 Å². The molecule has 2 aliphatic carbocycles. The molecule has 3 aliphatic rings. The molecule has 176 valence electrons. The van der Waals surface area contributed by atoms with Crippen LogP contribution >= 0.6 is 0 Å². The highest BCUT2D eigenvalue weighted by atomic mass is 16.3. The fourth-order valence-electron chi connectivity index (χ4n) is 6.19. The van der Waals surface area contributed by atoms with Crippen molar-refractivity contribution in [3.63, 3.8) is 0 Å². The maximum Gasteiger partial charge on any atom is 0.235 e. The van der Waals surface area contributed by atoms with Gasteiger partial charge in [-0.05, 0) is 49.7 Å². The van der Waals surface area contributed by atoms with Crippen LogP contribution in [0.4, 0.5) is 0 Å². The molecule has 1 amide bonds. The van der Waals surface area contributed by atoms with Gasteiger partial charge in [0.2, 0.25) is 5.91 Å². The van der Waals surface area contributed by atoms with Crippen LogP contribution in [-0.2, 0) is 16.0 Å². The van der Waals surface area contributed by atoms with E-state index in [0.29, 0.717) is 18.8 Å². The fraction of sp³-hybridized carbons (Fsp3) is 0.517. The SMILES string of the molecule is CC1=C[C@@H]2/C=C\C[C@H](C)CCC[C@@H](O)/C=C\C(=O)[C@]23C(=O)N[C@@H](Cc2ccccc2)[C@@H]3[C@@H]1C. The molecule has 0 radical (unpaired) electrons. The lowest BCUT2D eigenvalue weighted by Crippen LogP contribution is -2.51. The Hall–Kier alpha value is -2.46. The zero-order valence-electron chi connectivity index (χ0n) is 20.0. The normalized spacial score (nSPS) is 39.1. The van der Waals surface area contributed by atoms with Gasteiger partial charge in [-0.1, -0.05) is 86.9 Å². The fourth-order valence-corrected chi connectivity index (χ4v) is 6.19. The smallest absolute Gasteiger partial charge is 0.235 e. The average Bonchev–Trinajstić information content (AvgIpc) is 3.08. The van der Waals surface area contributed by atoms with Crippen LogP contribution in [0.15, 0.2) is 66.3 Å². The molecule has 1 fully saturated rings. The minimum absolute atomic E-state index is 0.0965. The van der Waals surface area contributed by atoms with Crippen molar-refractivity contribution in [2.75, 3.05) is 0 Å². The molecule has 1 spiro atoms. The third kappa shape index (κ3) is 4.50. The first-order valence-corrected chi connectivity index (χ1v) is 12.4. The molecule has 0 aromatic heterocycles. The second-order valence-corrected chi connectivity index (χ2v) is 10.4. The van der Waals surface area contributed by atoms with E-state index in [0.717, 1.165) is 24.8 Å². The van der Waals surface area contributed by atoms with E-state index >= 15 is 0 Å². The molecule has 4 nitrogen and oxygen atoms in total. The summed E-state index contributed by atoms with van der Waals surface area (Å²) in [4.78, 5) is 27.7. The van der Waals surface area contributed by atoms with Crippen molar-refractivity contribution in [1.29, 1.82) is 0 Å². The van der Waals surface area contributed by atoms with Crippen LogP contribution in [0, 0.1) is 29.1 Å². The van der Waals surface area contributed by atoms with Crippen LogP contribution in [0.25, 0.3) is 0 Å². The van der Waals surface area contributed by atoms with Crippen molar-refractivity contribution < 1.29 is 14.7 Å². The molecule has 0 saturated carbocycles. The van der Waals surface area contributed by atoms with Gasteiger partial charge >= 0.3 is 0 Å². The number of aliphatic hydroxyl groups is 1. The number of carbonyl (C=O) groups is 2. The summed E-state index contributed by atoms with van der Waals surface area (Å²) in [5, 5.41) is 13.7. The minimum atomic E-state index is -1.18. The molecule has 4 heteroatoms. The number of hydrogen-bond acceptors (Lipinski definition) is 3. The predicted molar refractivity (Wildman–Crippen MR) is 131 cm³/mol. The van der Waals surface area contributed by atoms with Gasteiger partial charge < -0.3 is 10.4 Å². The second-order valence-electron chi connectivity index (χ2n) is 10.4. The van der Waals surface area contributed by atoms with Crippen molar-refractivity contribution in [3.05, 3.63) is 71.8 Å². The monoisotopic (exact) mass is 447 g/mol. The molecule has 1 heterocycles. The molecule has 2 N–H and O–H groups in total. The number of allylic oxidation sites excluding steroid dienone is 5. The van der Waals surface area contributed by atoms with E-state index in [2.05, 4.69) is 56.4 Å². The number of carbonyl (C=O) groups excluding carboxylic acids is 2. The van der Waals surface area contributed by atoms with Crippen molar-refractivity contribution in [1.82, 2.24) is 5.32 Å². The number of amides is 1. The molecule has 33 heavy (non-hydrogen) atoms. The Morgan fingerprint density at radius 3 is 2.61 bits per heavy atom. The van der Waals surface area contributed by atoms with Gasteiger partial charge in [0, 0.05) is 17.9 Å². The quantitative estimate of drug-likeness (QED) is 0.506. The molecule has 1 aromatic carbocycles. The number of ketones is 1. The van der Waals surface area contributed by atoms with Gasteiger partial charge in [-0.25, -0.2) is 0 Å². The number of benzene rings is 1. The largest absolute Gasteiger partial charge is 0.389 e. The van der Waals surface area contributed by atoms with Gasteiger partial charge in [0.1, 0.15) is 5.41 Å². The third-order valence-electron chi connectivity index (χ3n) is 8.13. The van der Waals surface area contributed by atoms with Gasteiger partial charge in [-0.3, -0.25) is 9.59 Å². The highest BCUT2D eigenvalue weighted by molar-refractivity contribution is 6.13. The van der Waals surface area contributed by atoms with Crippen LogP contribution in [0.5, 0.6) is 0 Å². The zero-order chi connectivity index (χ0) is 23.6. The summed E-state index contributed by atoms with van der Waals surface area (Å²) in [5.74, 6) is -0.207. The Balaban J connectivity index is 1.80. The van der Waals surface area contributed by atoms with E-state index in [1.165, 1.54) is 11.6 Å². The van der Waals surface area contributed by atoms with E-state index in [1.807, 2.05) is 18.2 Å². The first-order valence-electron chi connectivity index (χ1n) is 12.4. The number of aliphatic hydroxyl groups excluding tert-OH is 1. The van der Waals surface area contributed by atoms with Crippen LogP contribution in [-0.4, -0.2) is 28.9 Å². The Morgan fingerprint density at radius 2 is 1.85 bits per heavy atom. The first kappa shape index (κ1) is 23.7. The van der Waals surface area contributed by atoms with E-state index in [4.69, 9.17) is 0 Å². The molecule has 0 unspecified atom stereocenters. The maximum atomic E-state index is 13.9. The summed E-state index contributed by atoms with van der Waals surface area (Å²) < 4.78 is 0. The summed E-state index contributed by atoms with van der Waals surface area (Å²) in [6.07, 6.45) is 13.0. The topological polar surface area (TPSA) is 66.4 Å². The van der Waals surface area contributed by atoms with Gasteiger partial charge in [-0.2, -0.15) is 0 Å². The summed E-state index contributed by atoms with van der Waals surface area (Å²) in [6, 6.07) is 10.1. The molecule has 1 aliphatic heterocycles. The minimum Gasteiger partial charge on any atom is -0.389 e. The Morgan fingerprint density at radius 1 is 1.09 bits per heavy atom. The Bertz CT molecular complexity index is 962. The predicted octanol–water partition coefficient (Wildman–Crippen LogP) is 4.79. The van der Waals surface area contributed by atoms with Gasteiger partial charge in [-0.15, -0.1) is 0 Å². The number of rotatable bonds is 2. The lowest BCUT2D eigenvalue weighted by Gasteiger charge is -2.44. The van der Waals surface area contributed by atoms with Gasteiger partial charge in [0.25, 0.3) is 0 Å². The van der Waals surface area contributed by atoms with Crippen molar-refractivity contribution >= 4 is 11.7 Å². The summed E-state index contributed by atoms with van der Waals surface area (Å²) in [6.45, 7) is 6.49. The van der Waals surface area contributed by atoms with E-state index < -0.39 is 11.5 Å². The van der Waals surface area contributed by atoms with Crippen molar-refractivity contribution in [2.45, 2.75) is 65.0 Å². The van der Waals surface area contributed by atoms with Gasteiger partial charge in [0.05, 0.1) is 6.10 Å². The highest BCUT2D eigenvalue weighted by Crippen LogP contribution is 2.54. The van der Waals surface area contributed by atoms with E-state index in [9.17, 15) is 14.7 Å². The third-order valence-corrected chi connectivity index (χ3v) is 8.13. The molecule has 1 saturated heterocycles. The Kier molecular flexibility index (Phi) is 7.04. The summed E-state index contributed by atoms with van der Waals surface area (Å²) in [5.41, 5.74) is 1.21. The van der Waals surface area contributed by atoms with Crippen LogP contribution in [0.3, 0.4) is 0 Å². The van der Waals surface area contributed by atoms with Crippen molar-refractivity contribution in [2.24, 2.45) is 29.1 Å². The maximum absolute atomic E-state index is 13.9. The summed E-state index contributed by atoms with van der Waals surface area (Å²) >= 11 is 0. The van der Waals surface area contributed by atoms with Crippen molar-refractivity contribution in [3.8, 4) is 0 Å². The van der Waals surface area contributed by atoms with E-state index in [-0.39, 0.29) is 35.5 Å².